The molecule has 1 amide bonds. The van der Waals surface area contributed by atoms with E-state index in [0.29, 0.717) is 13.0 Å². The Morgan fingerprint density at radius 1 is 1.29 bits per heavy atom. The van der Waals surface area contributed by atoms with E-state index in [1.54, 1.807) is 4.90 Å². The maximum atomic E-state index is 12.3. The monoisotopic (exact) mass is 291 g/mol. The number of hydrogen-bond donors (Lipinski definition) is 1. The first-order valence-electron chi connectivity index (χ1n) is 7.55. The molecule has 3 rings (SSSR count). The molecule has 0 aliphatic carbocycles. The van der Waals surface area contributed by atoms with Gasteiger partial charge in [0.2, 0.25) is 0 Å². The zero-order valence-electron chi connectivity index (χ0n) is 12.0. The van der Waals surface area contributed by atoms with Crippen LogP contribution in [0, 0.1) is 0 Å². The van der Waals surface area contributed by atoms with Crippen LogP contribution in [0.25, 0.3) is 0 Å². The Morgan fingerprint density at radius 2 is 2.10 bits per heavy atom. The summed E-state index contributed by atoms with van der Waals surface area (Å²) in [5.74, 6) is 0. The molecule has 0 saturated carbocycles. The Labute approximate surface area is 124 Å². The number of nitrogens with zero attached hydrogens (tertiary/aromatic N) is 1. The summed E-state index contributed by atoms with van der Waals surface area (Å²) >= 11 is 0. The number of benzene rings is 1. The zero-order valence-corrected chi connectivity index (χ0v) is 12.0. The molecular formula is C16H21NO4. The number of ether oxygens (including phenoxy) is 2. The van der Waals surface area contributed by atoms with Crippen LogP contribution in [0.4, 0.5) is 4.79 Å². The summed E-state index contributed by atoms with van der Waals surface area (Å²) in [5, 5.41) is 9.57. The molecule has 2 saturated heterocycles. The average molecular weight is 291 g/mol. The van der Waals surface area contributed by atoms with Gasteiger partial charge in [0.15, 0.2) is 6.29 Å². The highest BCUT2D eigenvalue weighted by molar-refractivity contribution is 5.68. The maximum absolute atomic E-state index is 12.3. The fourth-order valence-corrected chi connectivity index (χ4v) is 3.13. The first-order chi connectivity index (χ1) is 10.2. The number of likely N-dealkylation sites (tertiary alicyclic amines) is 1. The summed E-state index contributed by atoms with van der Waals surface area (Å²) in [5.41, 5.74) is 0.981. The van der Waals surface area contributed by atoms with E-state index >= 15 is 0 Å². The fraction of sp³-hybridized carbons (Fsp3) is 0.562. The van der Waals surface area contributed by atoms with Crippen molar-refractivity contribution in [2.75, 3.05) is 6.54 Å². The number of rotatable bonds is 2. The van der Waals surface area contributed by atoms with E-state index in [1.807, 2.05) is 30.3 Å². The molecular weight excluding hydrogens is 270 g/mol. The number of aliphatic hydroxyl groups is 1. The molecule has 114 valence electrons. The van der Waals surface area contributed by atoms with E-state index in [9.17, 15) is 9.90 Å². The predicted molar refractivity (Wildman–Crippen MR) is 76.5 cm³/mol. The van der Waals surface area contributed by atoms with Gasteiger partial charge >= 0.3 is 6.09 Å². The smallest absolute Gasteiger partial charge is 0.410 e. The largest absolute Gasteiger partial charge is 0.445 e. The van der Waals surface area contributed by atoms with Crippen LogP contribution in [0.2, 0.25) is 0 Å². The number of hydrogen-bond acceptors (Lipinski definition) is 4. The van der Waals surface area contributed by atoms with Crippen LogP contribution in [-0.2, 0) is 16.1 Å². The first-order valence-corrected chi connectivity index (χ1v) is 7.55. The molecule has 1 aromatic carbocycles. The molecule has 2 aliphatic rings. The summed E-state index contributed by atoms with van der Waals surface area (Å²) in [7, 11) is 0. The van der Waals surface area contributed by atoms with E-state index in [2.05, 4.69) is 0 Å². The van der Waals surface area contributed by atoms with Gasteiger partial charge in [-0.1, -0.05) is 30.3 Å². The highest BCUT2D eigenvalue weighted by Crippen LogP contribution is 2.30. The van der Waals surface area contributed by atoms with Gasteiger partial charge in [-0.3, -0.25) is 0 Å². The van der Waals surface area contributed by atoms with E-state index in [0.717, 1.165) is 24.8 Å². The second kappa shape index (κ2) is 6.45. The van der Waals surface area contributed by atoms with E-state index in [-0.39, 0.29) is 24.8 Å². The van der Waals surface area contributed by atoms with E-state index < -0.39 is 6.29 Å². The molecule has 2 heterocycles. The fourth-order valence-electron chi connectivity index (χ4n) is 3.13. The van der Waals surface area contributed by atoms with Crippen LogP contribution in [0.5, 0.6) is 0 Å². The first kappa shape index (κ1) is 14.4. The number of amides is 1. The lowest BCUT2D eigenvalue weighted by molar-refractivity contribution is -0.194. The minimum Gasteiger partial charge on any atom is -0.445 e. The molecule has 5 nitrogen and oxygen atoms in total. The van der Waals surface area contributed by atoms with Crippen LogP contribution >= 0.6 is 0 Å². The highest BCUT2D eigenvalue weighted by atomic mass is 16.6. The van der Waals surface area contributed by atoms with Crippen molar-refractivity contribution in [2.24, 2.45) is 0 Å². The van der Waals surface area contributed by atoms with Crippen molar-refractivity contribution in [1.29, 1.82) is 0 Å². The van der Waals surface area contributed by atoms with Crippen molar-refractivity contribution in [2.45, 2.75) is 50.7 Å². The van der Waals surface area contributed by atoms with E-state index in [4.69, 9.17) is 9.47 Å². The maximum Gasteiger partial charge on any atom is 0.410 e. The number of carbonyl (C=O) groups is 1. The third kappa shape index (κ3) is 3.36. The normalized spacial score (nSPS) is 28.8. The topological polar surface area (TPSA) is 59.0 Å². The number of fused-ring (bicyclic) bond motifs is 1. The van der Waals surface area contributed by atoms with Crippen molar-refractivity contribution in [3.05, 3.63) is 35.9 Å². The standard InChI is InChI=1S/C16H21NO4/c18-15-9-8-13-14(21-15)7-4-10-17(13)16(19)20-11-12-5-2-1-3-6-12/h1-3,5-6,13-15,18H,4,7-11H2/t13-,14+,15?/m1/s1. The molecule has 21 heavy (non-hydrogen) atoms. The van der Waals surface area contributed by atoms with Crippen LogP contribution in [0.15, 0.2) is 30.3 Å². The molecule has 2 aliphatic heterocycles. The second-order valence-electron chi connectivity index (χ2n) is 5.65. The molecule has 1 aromatic rings. The molecule has 0 aromatic heterocycles. The van der Waals surface area contributed by atoms with Gasteiger partial charge in [-0.05, 0) is 24.8 Å². The number of piperidine rings is 1. The lowest BCUT2D eigenvalue weighted by Gasteiger charge is -2.44. The summed E-state index contributed by atoms with van der Waals surface area (Å²) < 4.78 is 11.0. The van der Waals surface area contributed by atoms with Gasteiger partial charge in [0, 0.05) is 13.0 Å². The minimum absolute atomic E-state index is 0.0328. The molecule has 2 fully saturated rings. The molecule has 0 radical (unpaired) electrons. The lowest BCUT2D eigenvalue weighted by atomic mass is 9.93. The summed E-state index contributed by atoms with van der Waals surface area (Å²) in [6, 6.07) is 9.70. The Bertz CT molecular complexity index is 478. The summed E-state index contributed by atoms with van der Waals surface area (Å²) in [6.45, 7) is 0.991. The van der Waals surface area contributed by atoms with Crippen molar-refractivity contribution in [1.82, 2.24) is 4.90 Å². The third-order valence-corrected chi connectivity index (χ3v) is 4.20. The highest BCUT2D eigenvalue weighted by Gasteiger charge is 2.39. The van der Waals surface area contributed by atoms with Gasteiger partial charge in [0.1, 0.15) is 6.61 Å². The molecule has 5 heteroatoms. The molecule has 1 unspecified atom stereocenters. The average Bonchev–Trinajstić information content (AvgIpc) is 2.52. The van der Waals surface area contributed by atoms with Gasteiger partial charge in [-0.25, -0.2) is 4.79 Å². The van der Waals surface area contributed by atoms with Crippen LogP contribution in [0.1, 0.15) is 31.2 Å². The SMILES string of the molecule is O=C(OCc1ccccc1)N1CCC[C@@H]2OC(O)CC[C@H]21. The summed E-state index contributed by atoms with van der Waals surface area (Å²) in [4.78, 5) is 14.1. The van der Waals surface area contributed by atoms with Crippen molar-refractivity contribution in [3.8, 4) is 0 Å². The van der Waals surface area contributed by atoms with Gasteiger partial charge in [0.25, 0.3) is 0 Å². The van der Waals surface area contributed by atoms with Gasteiger partial charge in [-0.15, -0.1) is 0 Å². The predicted octanol–water partition coefficient (Wildman–Crippen LogP) is 2.29. The van der Waals surface area contributed by atoms with Crippen LogP contribution < -0.4 is 0 Å². The van der Waals surface area contributed by atoms with Crippen molar-refractivity contribution in [3.63, 3.8) is 0 Å². The number of aliphatic hydroxyl groups excluding tert-OH is 1. The Morgan fingerprint density at radius 3 is 2.90 bits per heavy atom. The lowest BCUT2D eigenvalue weighted by Crippen LogP contribution is -2.55. The Balaban J connectivity index is 1.58. The van der Waals surface area contributed by atoms with Crippen LogP contribution in [-0.4, -0.2) is 41.1 Å². The zero-order chi connectivity index (χ0) is 14.7. The van der Waals surface area contributed by atoms with Crippen molar-refractivity contribution >= 4 is 6.09 Å². The molecule has 0 spiro atoms. The minimum atomic E-state index is -0.688. The van der Waals surface area contributed by atoms with Crippen LogP contribution in [0.3, 0.4) is 0 Å². The number of carbonyl (C=O) groups excluding carboxylic acids is 1. The molecule has 3 atom stereocenters. The third-order valence-electron chi connectivity index (χ3n) is 4.20. The quantitative estimate of drug-likeness (QED) is 0.908. The Hall–Kier alpha value is -1.59. The van der Waals surface area contributed by atoms with Crippen molar-refractivity contribution < 1.29 is 19.4 Å². The van der Waals surface area contributed by atoms with Gasteiger partial charge < -0.3 is 19.5 Å². The molecule has 0 bridgehead atoms. The Kier molecular flexibility index (Phi) is 4.41. The van der Waals surface area contributed by atoms with Gasteiger partial charge in [0.05, 0.1) is 12.1 Å². The van der Waals surface area contributed by atoms with Gasteiger partial charge in [-0.2, -0.15) is 0 Å². The molecule has 1 N–H and O–H groups in total. The van der Waals surface area contributed by atoms with E-state index in [1.165, 1.54) is 0 Å². The summed E-state index contributed by atoms with van der Waals surface area (Å²) in [6.07, 6.45) is 2.08. The second-order valence-corrected chi connectivity index (χ2v) is 5.65.